The SMILES string of the molecule is CCc1ccc(-c2ccc(C(C(=O)O)n3cc(-c4cc(=O)[nH]c(C)n4)cn3)c(Cl)c2)cc1. The Hall–Kier alpha value is -3.71. The minimum Gasteiger partial charge on any atom is -0.479 e. The van der Waals surface area contributed by atoms with Gasteiger partial charge in [-0.25, -0.2) is 9.78 Å². The molecule has 2 aromatic carbocycles. The third-order valence-corrected chi connectivity index (χ3v) is 5.57. The van der Waals surface area contributed by atoms with Crippen LogP contribution in [0.3, 0.4) is 0 Å². The molecule has 8 heteroatoms. The van der Waals surface area contributed by atoms with E-state index in [1.807, 2.05) is 18.2 Å². The van der Waals surface area contributed by atoms with Crippen molar-refractivity contribution in [2.75, 3.05) is 0 Å². The normalized spacial score (nSPS) is 12.0. The second-order valence-corrected chi connectivity index (χ2v) is 7.86. The van der Waals surface area contributed by atoms with Gasteiger partial charge in [-0.1, -0.05) is 54.9 Å². The molecule has 162 valence electrons. The molecule has 4 aromatic rings. The third kappa shape index (κ3) is 4.33. The zero-order valence-electron chi connectivity index (χ0n) is 17.5. The first kappa shape index (κ1) is 21.5. The van der Waals surface area contributed by atoms with Crippen molar-refractivity contribution in [3.63, 3.8) is 0 Å². The molecule has 32 heavy (non-hydrogen) atoms. The minimum atomic E-state index is -1.13. The fourth-order valence-corrected chi connectivity index (χ4v) is 3.87. The molecule has 0 aliphatic carbocycles. The van der Waals surface area contributed by atoms with Crippen molar-refractivity contribution in [2.24, 2.45) is 0 Å². The Bertz CT molecular complexity index is 1340. The Morgan fingerprint density at radius 2 is 1.84 bits per heavy atom. The molecular formula is C24H21ClN4O3. The predicted octanol–water partition coefficient (Wildman–Crippen LogP) is 4.50. The lowest BCUT2D eigenvalue weighted by Gasteiger charge is -2.16. The fraction of sp³-hybridized carbons (Fsp3) is 0.167. The molecule has 2 aromatic heterocycles. The van der Waals surface area contributed by atoms with E-state index in [9.17, 15) is 14.7 Å². The Balaban J connectivity index is 1.69. The first-order chi connectivity index (χ1) is 15.4. The highest BCUT2D eigenvalue weighted by molar-refractivity contribution is 6.32. The summed E-state index contributed by atoms with van der Waals surface area (Å²) in [7, 11) is 0. The number of carboxylic acids is 1. The molecule has 1 atom stereocenters. The molecule has 0 aliphatic rings. The van der Waals surface area contributed by atoms with Gasteiger partial charge in [-0.05, 0) is 36.1 Å². The molecule has 0 aliphatic heterocycles. The van der Waals surface area contributed by atoms with E-state index in [-0.39, 0.29) is 5.56 Å². The number of aromatic amines is 1. The van der Waals surface area contributed by atoms with Crippen LogP contribution in [0.1, 0.15) is 29.9 Å². The van der Waals surface area contributed by atoms with Crippen molar-refractivity contribution in [1.29, 1.82) is 0 Å². The van der Waals surface area contributed by atoms with Gasteiger partial charge in [0, 0.05) is 28.4 Å². The van der Waals surface area contributed by atoms with Crippen LogP contribution in [-0.2, 0) is 11.2 Å². The first-order valence-corrected chi connectivity index (χ1v) is 10.5. The number of H-pyrrole nitrogens is 1. The number of aromatic nitrogens is 4. The van der Waals surface area contributed by atoms with Crippen molar-refractivity contribution in [2.45, 2.75) is 26.3 Å². The molecule has 7 nitrogen and oxygen atoms in total. The standard InChI is InChI=1S/C24H21ClN4O3/c1-3-15-4-6-16(7-5-15)17-8-9-19(20(25)10-17)23(24(31)32)29-13-18(12-26-29)21-11-22(30)28-14(2)27-21/h4-13,23H,3H2,1-2H3,(H,31,32)(H,27,28,30). The molecular weight excluding hydrogens is 428 g/mol. The average Bonchev–Trinajstić information content (AvgIpc) is 3.24. The van der Waals surface area contributed by atoms with Gasteiger partial charge < -0.3 is 10.1 Å². The molecule has 0 fully saturated rings. The van der Waals surface area contributed by atoms with Crippen LogP contribution in [0.4, 0.5) is 0 Å². The van der Waals surface area contributed by atoms with Gasteiger partial charge in [0.15, 0.2) is 6.04 Å². The summed E-state index contributed by atoms with van der Waals surface area (Å²) in [5.41, 5.74) is 4.21. The van der Waals surface area contributed by atoms with Crippen molar-refractivity contribution in [3.05, 3.63) is 93.3 Å². The van der Waals surface area contributed by atoms with E-state index in [0.29, 0.717) is 27.7 Å². The van der Waals surface area contributed by atoms with Crippen LogP contribution < -0.4 is 5.56 Å². The lowest BCUT2D eigenvalue weighted by atomic mass is 9.99. The molecule has 0 saturated heterocycles. The largest absolute Gasteiger partial charge is 0.479 e. The molecule has 4 rings (SSSR count). The summed E-state index contributed by atoms with van der Waals surface area (Å²) in [6.07, 6.45) is 3.99. The maximum atomic E-state index is 12.1. The Morgan fingerprint density at radius 1 is 1.12 bits per heavy atom. The van der Waals surface area contributed by atoms with Gasteiger partial charge in [0.2, 0.25) is 0 Å². The molecule has 0 amide bonds. The molecule has 0 bridgehead atoms. The highest BCUT2D eigenvalue weighted by Gasteiger charge is 2.26. The van der Waals surface area contributed by atoms with Crippen molar-refractivity contribution in [1.82, 2.24) is 19.7 Å². The van der Waals surface area contributed by atoms with Crippen LogP contribution >= 0.6 is 11.6 Å². The van der Waals surface area contributed by atoms with E-state index in [1.165, 1.54) is 22.5 Å². The number of nitrogens with one attached hydrogen (secondary N) is 1. The van der Waals surface area contributed by atoms with Gasteiger partial charge in [0.05, 0.1) is 11.9 Å². The lowest BCUT2D eigenvalue weighted by molar-refractivity contribution is -0.139. The van der Waals surface area contributed by atoms with E-state index >= 15 is 0 Å². The molecule has 0 saturated carbocycles. The number of aryl methyl sites for hydroxylation is 2. The topological polar surface area (TPSA) is 101 Å². The van der Waals surface area contributed by atoms with E-state index in [4.69, 9.17) is 11.6 Å². The monoisotopic (exact) mass is 448 g/mol. The molecule has 2 N–H and O–H groups in total. The average molecular weight is 449 g/mol. The van der Waals surface area contributed by atoms with E-state index < -0.39 is 12.0 Å². The maximum Gasteiger partial charge on any atom is 0.333 e. The Morgan fingerprint density at radius 3 is 2.47 bits per heavy atom. The van der Waals surface area contributed by atoms with Gasteiger partial charge in [-0.3, -0.25) is 9.48 Å². The van der Waals surface area contributed by atoms with Gasteiger partial charge in [0.1, 0.15) is 5.82 Å². The summed E-state index contributed by atoms with van der Waals surface area (Å²) < 4.78 is 1.31. The van der Waals surface area contributed by atoms with Crippen molar-refractivity contribution in [3.8, 4) is 22.4 Å². The van der Waals surface area contributed by atoms with Crippen LogP contribution in [-0.4, -0.2) is 30.8 Å². The fourth-order valence-electron chi connectivity index (χ4n) is 3.59. The number of hydrogen-bond acceptors (Lipinski definition) is 4. The summed E-state index contributed by atoms with van der Waals surface area (Å²) in [6, 6.07) is 13.7. The van der Waals surface area contributed by atoms with Crippen molar-refractivity contribution >= 4 is 17.6 Å². The third-order valence-electron chi connectivity index (χ3n) is 5.25. The zero-order chi connectivity index (χ0) is 22.8. The molecule has 0 spiro atoms. The number of hydrogen-bond donors (Lipinski definition) is 2. The lowest BCUT2D eigenvalue weighted by Crippen LogP contribution is -2.21. The van der Waals surface area contributed by atoms with Crippen LogP contribution in [0.25, 0.3) is 22.4 Å². The highest BCUT2D eigenvalue weighted by Crippen LogP contribution is 2.32. The van der Waals surface area contributed by atoms with Gasteiger partial charge in [0.25, 0.3) is 5.56 Å². The molecule has 2 heterocycles. The van der Waals surface area contributed by atoms with E-state index in [1.54, 1.807) is 25.3 Å². The van der Waals surface area contributed by atoms with Gasteiger partial charge >= 0.3 is 5.97 Å². The highest BCUT2D eigenvalue weighted by atomic mass is 35.5. The number of carboxylic acid groups (broad SMARTS) is 1. The van der Waals surface area contributed by atoms with Gasteiger partial charge in [-0.2, -0.15) is 5.10 Å². The Kier molecular flexibility index (Phi) is 5.92. The van der Waals surface area contributed by atoms with E-state index in [2.05, 4.69) is 34.1 Å². The second-order valence-electron chi connectivity index (χ2n) is 7.45. The summed E-state index contributed by atoms with van der Waals surface area (Å²) in [6.45, 7) is 3.77. The number of aliphatic carboxylic acids is 1. The smallest absolute Gasteiger partial charge is 0.333 e. The quantitative estimate of drug-likeness (QED) is 0.452. The van der Waals surface area contributed by atoms with E-state index in [0.717, 1.165) is 17.5 Å². The van der Waals surface area contributed by atoms with Crippen molar-refractivity contribution < 1.29 is 9.90 Å². The number of benzene rings is 2. The van der Waals surface area contributed by atoms with Gasteiger partial charge in [-0.15, -0.1) is 0 Å². The Labute approximate surface area is 189 Å². The van der Waals surface area contributed by atoms with Crippen LogP contribution in [0, 0.1) is 6.92 Å². The first-order valence-electron chi connectivity index (χ1n) is 10.1. The van der Waals surface area contributed by atoms with Crippen LogP contribution in [0.5, 0.6) is 0 Å². The zero-order valence-corrected chi connectivity index (χ0v) is 18.3. The summed E-state index contributed by atoms with van der Waals surface area (Å²) in [4.78, 5) is 30.8. The van der Waals surface area contributed by atoms with Crippen LogP contribution in [0.2, 0.25) is 5.02 Å². The maximum absolute atomic E-state index is 12.1. The molecule has 1 unspecified atom stereocenters. The summed E-state index contributed by atoms with van der Waals surface area (Å²) in [5, 5.41) is 14.5. The predicted molar refractivity (Wildman–Crippen MR) is 123 cm³/mol. The summed E-state index contributed by atoms with van der Waals surface area (Å²) in [5.74, 6) is -0.641. The molecule has 0 radical (unpaired) electrons. The number of rotatable bonds is 6. The summed E-state index contributed by atoms with van der Waals surface area (Å²) >= 11 is 6.53. The number of nitrogens with zero attached hydrogens (tertiary/aromatic N) is 3. The van der Waals surface area contributed by atoms with Crippen LogP contribution in [0.15, 0.2) is 65.7 Å². The second kappa shape index (κ2) is 8.80. The number of halogens is 1. The number of carbonyl (C=O) groups is 1. The minimum absolute atomic E-state index is 0.291.